The molecule has 2 heterocycles. The van der Waals surface area contributed by atoms with E-state index >= 15 is 0 Å². The van der Waals surface area contributed by atoms with Crippen LogP contribution in [0.25, 0.3) is 0 Å². The van der Waals surface area contributed by atoms with Crippen LogP contribution in [0.5, 0.6) is 0 Å². The van der Waals surface area contributed by atoms with Gasteiger partial charge in [0.05, 0.1) is 25.9 Å². The Kier molecular flexibility index (Phi) is 5.07. The van der Waals surface area contributed by atoms with E-state index < -0.39 is 0 Å². The van der Waals surface area contributed by atoms with Crippen molar-refractivity contribution in [3.8, 4) is 0 Å². The van der Waals surface area contributed by atoms with Crippen molar-refractivity contribution in [1.29, 1.82) is 0 Å². The van der Waals surface area contributed by atoms with Gasteiger partial charge in [-0.15, -0.1) is 0 Å². The zero-order chi connectivity index (χ0) is 13.7. The van der Waals surface area contributed by atoms with Crippen molar-refractivity contribution in [3.05, 3.63) is 18.0 Å². The highest BCUT2D eigenvalue weighted by Crippen LogP contribution is 2.14. The van der Waals surface area contributed by atoms with Crippen LogP contribution in [0.3, 0.4) is 0 Å². The first-order valence-electron chi connectivity index (χ1n) is 6.70. The summed E-state index contributed by atoms with van der Waals surface area (Å²) < 4.78 is 5.35. The van der Waals surface area contributed by atoms with Gasteiger partial charge in [-0.2, -0.15) is 0 Å². The molecule has 1 aromatic rings. The standard InChI is InChI=1S/C13H22N4O2/c1-10(2)14-5-11-6-15-13(16-7-11)17-3-4-19-9-12(17)8-18/h6-7,10,12,14,18H,3-5,8-9H2,1-2H3. The summed E-state index contributed by atoms with van der Waals surface area (Å²) in [6, 6.07) is 0.395. The molecule has 6 nitrogen and oxygen atoms in total. The fraction of sp³-hybridized carbons (Fsp3) is 0.692. The molecule has 1 atom stereocenters. The molecule has 0 radical (unpaired) electrons. The van der Waals surface area contributed by atoms with Gasteiger partial charge in [-0.25, -0.2) is 9.97 Å². The molecule has 1 aromatic heterocycles. The van der Waals surface area contributed by atoms with Crippen molar-refractivity contribution < 1.29 is 9.84 Å². The van der Waals surface area contributed by atoms with Crippen LogP contribution in [0, 0.1) is 0 Å². The molecule has 1 aliphatic rings. The van der Waals surface area contributed by atoms with Crippen LogP contribution in [-0.4, -0.2) is 53.5 Å². The van der Waals surface area contributed by atoms with Crippen molar-refractivity contribution >= 4 is 5.95 Å². The van der Waals surface area contributed by atoms with E-state index in [1.54, 1.807) is 0 Å². The maximum absolute atomic E-state index is 9.34. The number of nitrogens with zero attached hydrogens (tertiary/aromatic N) is 3. The molecule has 2 N–H and O–H groups in total. The van der Waals surface area contributed by atoms with E-state index in [0.717, 1.165) is 18.7 Å². The van der Waals surface area contributed by atoms with Crippen LogP contribution in [0.1, 0.15) is 19.4 Å². The Bertz CT molecular complexity index is 383. The summed E-state index contributed by atoms with van der Waals surface area (Å²) in [5.74, 6) is 0.663. The minimum absolute atomic E-state index is 0.0478. The third-order valence-electron chi connectivity index (χ3n) is 3.10. The second-order valence-corrected chi connectivity index (χ2v) is 5.03. The highest BCUT2D eigenvalue weighted by Gasteiger charge is 2.24. The van der Waals surface area contributed by atoms with Gasteiger partial charge in [0.2, 0.25) is 5.95 Å². The molecular formula is C13H22N4O2. The number of hydrogen-bond donors (Lipinski definition) is 2. The lowest BCUT2D eigenvalue weighted by molar-refractivity contribution is 0.0718. The molecule has 0 spiro atoms. The summed E-state index contributed by atoms with van der Waals surface area (Å²) in [5.41, 5.74) is 1.06. The lowest BCUT2D eigenvalue weighted by atomic mass is 10.2. The molecule has 1 unspecified atom stereocenters. The van der Waals surface area contributed by atoms with Crippen molar-refractivity contribution in [1.82, 2.24) is 15.3 Å². The Morgan fingerprint density at radius 3 is 2.84 bits per heavy atom. The topological polar surface area (TPSA) is 70.5 Å². The van der Waals surface area contributed by atoms with Gasteiger partial charge in [0, 0.05) is 37.1 Å². The average molecular weight is 266 g/mol. The number of nitrogens with one attached hydrogen (secondary N) is 1. The van der Waals surface area contributed by atoms with Crippen LogP contribution in [0.2, 0.25) is 0 Å². The molecule has 1 aliphatic heterocycles. The van der Waals surface area contributed by atoms with Gasteiger partial charge in [-0.1, -0.05) is 13.8 Å². The maximum atomic E-state index is 9.34. The number of anilines is 1. The SMILES string of the molecule is CC(C)NCc1cnc(N2CCOCC2CO)nc1. The molecule has 1 saturated heterocycles. The first-order chi connectivity index (χ1) is 9.20. The first kappa shape index (κ1) is 14.2. The third kappa shape index (κ3) is 3.86. The largest absolute Gasteiger partial charge is 0.394 e. The molecule has 1 fully saturated rings. The minimum atomic E-state index is -0.0478. The van der Waals surface area contributed by atoms with Gasteiger partial charge < -0.3 is 20.1 Å². The van der Waals surface area contributed by atoms with Crippen molar-refractivity contribution in [2.24, 2.45) is 0 Å². The molecule has 6 heteroatoms. The highest BCUT2D eigenvalue weighted by molar-refractivity contribution is 5.32. The Balaban J connectivity index is 2.00. The fourth-order valence-corrected chi connectivity index (χ4v) is 1.98. The highest BCUT2D eigenvalue weighted by atomic mass is 16.5. The number of rotatable bonds is 5. The first-order valence-corrected chi connectivity index (χ1v) is 6.70. The van der Waals surface area contributed by atoms with E-state index in [4.69, 9.17) is 4.74 Å². The van der Waals surface area contributed by atoms with Crippen LogP contribution >= 0.6 is 0 Å². The molecule has 0 bridgehead atoms. The van der Waals surface area contributed by atoms with E-state index in [0.29, 0.717) is 25.2 Å². The number of morpholine rings is 1. The van der Waals surface area contributed by atoms with Gasteiger partial charge >= 0.3 is 0 Å². The van der Waals surface area contributed by atoms with Crippen LogP contribution in [-0.2, 0) is 11.3 Å². The van der Waals surface area contributed by atoms with Gasteiger partial charge in [0.1, 0.15) is 0 Å². The monoisotopic (exact) mass is 266 g/mol. The van der Waals surface area contributed by atoms with Crippen LogP contribution < -0.4 is 10.2 Å². The molecule has 0 aromatic carbocycles. The van der Waals surface area contributed by atoms with E-state index in [-0.39, 0.29) is 12.6 Å². The Hall–Kier alpha value is -1.24. The number of aliphatic hydroxyl groups is 1. The molecule has 0 aliphatic carbocycles. The smallest absolute Gasteiger partial charge is 0.225 e. The number of aromatic nitrogens is 2. The van der Waals surface area contributed by atoms with E-state index in [1.807, 2.05) is 17.3 Å². The fourth-order valence-electron chi connectivity index (χ4n) is 1.98. The lowest BCUT2D eigenvalue weighted by Gasteiger charge is -2.34. The summed E-state index contributed by atoms with van der Waals surface area (Å²) in [5, 5.41) is 12.7. The normalized spacial score (nSPS) is 20.0. The number of hydrogen-bond acceptors (Lipinski definition) is 6. The summed E-state index contributed by atoms with van der Waals surface area (Å²) in [6.45, 7) is 6.93. The Morgan fingerprint density at radius 1 is 1.47 bits per heavy atom. The third-order valence-corrected chi connectivity index (χ3v) is 3.10. The lowest BCUT2D eigenvalue weighted by Crippen LogP contribution is -2.48. The number of aliphatic hydroxyl groups excluding tert-OH is 1. The van der Waals surface area contributed by atoms with E-state index in [1.165, 1.54) is 0 Å². The summed E-state index contributed by atoms with van der Waals surface area (Å²) >= 11 is 0. The zero-order valence-corrected chi connectivity index (χ0v) is 11.5. The predicted octanol–water partition coefficient (Wildman–Crippen LogP) is 0.172. The second-order valence-electron chi connectivity index (χ2n) is 5.03. The van der Waals surface area contributed by atoms with Gasteiger partial charge in [0.25, 0.3) is 0 Å². The molecular weight excluding hydrogens is 244 g/mol. The zero-order valence-electron chi connectivity index (χ0n) is 11.5. The Morgan fingerprint density at radius 2 is 2.21 bits per heavy atom. The summed E-state index contributed by atoms with van der Waals surface area (Å²) in [7, 11) is 0. The van der Waals surface area contributed by atoms with Gasteiger partial charge in [-0.3, -0.25) is 0 Å². The molecule has 19 heavy (non-hydrogen) atoms. The maximum Gasteiger partial charge on any atom is 0.225 e. The number of ether oxygens (including phenoxy) is 1. The van der Waals surface area contributed by atoms with Crippen molar-refractivity contribution in [2.75, 3.05) is 31.3 Å². The molecule has 106 valence electrons. The van der Waals surface area contributed by atoms with Crippen LogP contribution in [0.15, 0.2) is 12.4 Å². The summed E-state index contributed by atoms with van der Waals surface area (Å²) in [6.07, 6.45) is 3.67. The van der Waals surface area contributed by atoms with Crippen LogP contribution in [0.4, 0.5) is 5.95 Å². The minimum Gasteiger partial charge on any atom is -0.394 e. The van der Waals surface area contributed by atoms with Crippen molar-refractivity contribution in [2.45, 2.75) is 32.5 Å². The van der Waals surface area contributed by atoms with E-state index in [9.17, 15) is 5.11 Å². The molecule has 0 saturated carbocycles. The van der Waals surface area contributed by atoms with Gasteiger partial charge in [0.15, 0.2) is 0 Å². The van der Waals surface area contributed by atoms with E-state index in [2.05, 4.69) is 29.1 Å². The average Bonchev–Trinajstić information content (AvgIpc) is 2.45. The summed E-state index contributed by atoms with van der Waals surface area (Å²) in [4.78, 5) is 10.8. The molecule has 0 amide bonds. The Labute approximate surface area is 113 Å². The quantitative estimate of drug-likeness (QED) is 0.792. The second kappa shape index (κ2) is 6.79. The predicted molar refractivity (Wildman–Crippen MR) is 73.0 cm³/mol. The van der Waals surface area contributed by atoms with Gasteiger partial charge in [-0.05, 0) is 0 Å². The van der Waals surface area contributed by atoms with Crippen molar-refractivity contribution in [3.63, 3.8) is 0 Å². The molecule has 2 rings (SSSR count).